The number of hydrogen-bond donors (Lipinski definition) is 1. The number of para-hydroxylation sites is 1. The van der Waals surface area contributed by atoms with Crippen molar-refractivity contribution in [1.82, 2.24) is 14.8 Å². The van der Waals surface area contributed by atoms with Crippen molar-refractivity contribution in [2.45, 2.75) is 51.4 Å². The van der Waals surface area contributed by atoms with E-state index in [1.165, 1.54) is 0 Å². The van der Waals surface area contributed by atoms with Gasteiger partial charge in [0.05, 0.1) is 16.4 Å². The Labute approximate surface area is 181 Å². The Morgan fingerprint density at radius 2 is 2.13 bits per heavy atom. The molecule has 0 saturated heterocycles. The van der Waals surface area contributed by atoms with Crippen molar-refractivity contribution in [3.8, 4) is 5.75 Å². The van der Waals surface area contributed by atoms with Crippen LogP contribution in [0.25, 0.3) is 10.2 Å². The molecule has 1 amide bonds. The number of fused-ring (bicyclic) bond motifs is 1. The molecule has 1 fully saturated rings. The SMILES string of the molecule is C[Si](C)(C)CCOCn1nccc1NC(=O)C1CC(Oc2cccc3scnc23)C1. The number of benzene rings is 1. The highest BCUT2D eigenvalue weighted by molar-refractivity contribution is 7.16. The van der Waals surface area contributed by atoms with Gasteiger partial charge in [0.15, 0.2) is 0 Å². The van der Waals surface area contributed by atoms with Crippen LogP contribution in [-0.2, 0) is 16.3 Å². The summed E-state index contributed by atoms with van der Waals surface area (Å²) in [7, 11) is -1.12. The van der Waals surface area contributed by atoms with Crippen molar-refractivity contribution in [1.29, 1.82) is 0 Å². The molecule has 0 radical (unpaired) electrons. The van der Waals surface area contributed by atoms with E-state index in [2.05, 4.69) is 35.0 Å². The smallest absolute Gasteiger partial charge is 0.228 e. The lowest BCUT2D eigenvalue weighted by molar-refractivity contribution is -0.125. The lowest BCUT2D eigenvalue weighted by Gasteiger charge is -2.34. The molecule has 1 N–H and O–H groups in total. The molecule has 0 spiro atoms. The van der Waals surface area contributed by atoms with E-state index in [9.17, 15) is 4.79 Å². The van der Waals surface area contributed by atoms with E-state index in [-0.39, 0.29) is 17.9 Å². The average Bonchev–Trinajstić information content (AvgIpc) is 3.30. The van der Waals surface area contributed by atoms with Crippen LogP contribution in [0.5, 0.6) is 5.75 Å². The molecule has 1 aliphatic rings. The zero-order valence-corrected chi connectivity index (χ0v) is 19.4. The number of aromatic nitrogens is 3. The molecular weight excluding hydrogens is 416 g/mol. The lowest BCUT2D eigenvalue weighted by Crippen LogP contribution is -2.41. The van der Waals surface area contributed by atoms with Crippen molar-refractivity contribution < 1.29 is 14.3 Å². The molecule has 9 heteroatoms. The van der Waals surface area contributed by atoms with Crippen LogP contribution in [0.4, 0.5) is 5.82 Å². The highest BCUT2D eigenvalue weighted by atomic mass is 32.1. The molecule has 1 aromatic carbocycles. The van der Waals surface area contributed by atoms with Gasteiger partial charge in [0.25, 0.3) is 0 Å². The predicted octanol–water partition coefficient (Wildman–Crippen LogP) is 4.60. The predicted molar refractivity (Wildman–Crippen MR) is 122 cm³/mol. The number of amides is 1. The van der Waals surface area contributed by atoms with Gasteiger partial charge in [-0.2, -0.15) is 5.10 Å². The quantitative estimate of drug-likeness (QED) is 0.385. The zero-order valence-electron chi connectivity index (χ0n) is 17.6. The standard InChI is InChI=1S/C21H28N4O3SSi/c1-30(2,3)10-9-27-14-25-19(7-8-23-25)24-21(26)15-11-16(12-15)28-17-5-4-6-18-20(17)22-13-29-18/h4-8,13,15-16H,9-12,14H2,1-3H3,(H,24,26). The number of anilines is 1. The Bertz CT molecular complexity index is 1010. The first kappa shape index (κ1) is 21.0. The molecule has 7 nitrogen and oxygen atoms in total. The van der Waals surface area contributed by atoms with Crippen LogP contribution in [0, 0.1) is 5.92 Å². The Hall–Kier alpha value is -2.23. The molecule has 160 valence electrons. The number of ether oxygens (including phenoxy) is 2. The summed E-state index contributed by atoms with van der Waals surface area (Å²) in [6.07, 6.45) is 3.13. The molecule has 0 atom stereocenters. The summed E-state index contributed by atoms with van der Waals surface area (Å²) < 4.78 is 14.6. The van der Waals surface area contributed by atoms with Gasteiger partial charge in [-0.15, -0.1) is 11.3 Å². The third kappa shape index (κ3) is 5.08. The monoisotopic (exact) mass is 444 g/mol. The second kappa shape index (κ2) is 8.87. The Morgan fingerprint density at radius 1 is 1.30 bits per heavy atom. The largest absolute Gasteiger partial charge is 0.488 e. The Kier molecular flexibility index (Phi) is 6.21. The highest BCUT2D eigenvalue weighted by Crippen LogP contribution is 2.35. The normalized spacial score (nSPS) is 18.9. The molecule has 3 aromatic rings. The van der Waals surface area contributed by atoms with E-state index in [1.807, 2.05) is 23.7 Å². The summed E-state index contributed by atoms with van der Waals surface area (Å²) in [5, 5.41) is 7.24. The van der Waals surface area contributed by atoms with Crippen molar-refractivity contribution in [2.24, 2.45) is 5.92 Å². The van der Waals surface area contributed by atoms with Crippen LogP contribution in [0.1, 0.15) is 12.8 Å². The van der Waals surface area contributed by atoms with E-state index >= 15 is 0 Å². The second-order valence-corrected chi connectivity index (χ2v) is 15.4. The average molecular weight is 445 g/mol. The number of nitrogens with zero attached hydrogens (tertiary/aromatic N) is 3. The Morgan fingerprint density at radius 3 is 2.93 bits per heavy atom. The van der Waals surface area contributed by atoms with E-state index in [1.54, 1.807) is 28.3 Å². The first-order valence-corrected chi connectivity index (χ1v) is 14.9. The molecule has 1 saturated carbocycles. The van der Waals surface area contributed by atoms with Gasteiger partial charge in [-0.3, -0.25) is 4.79 Å². The fourth-order valence-corrected chi connectivity index (χ4v) is 4.76. The van der Waals surface area contributed by atoms with Gasteiger partial charge >= 0.3 is 0 Å². The van der Waals surface area contributed by atoms with Crippen molar-refractivity contribution in [3.05, 3.63) is 36.0 Å². The lowest BCUT2D eigenvalue weighted by atomic mass is 9.81. The minimum atomic E-state index is -1.12. The summed E-state index contributed by atoms with van der Waals surface area (Å²) in [6, 6.07) is 8.86. The van der Waals surface area contributed by atoms with Gasteiger partial charge in [0, 0.05) is 26.7 Å². The number of rotatable bonds is 9. The van der Waals surface area contributed by atoms with Gasteiger partial charge < -0.3 is 14.8 Å². The Balaban J connectivity index is 1.24. The number of hydrogen-bond acceptors (Lipinski definition) is 6. The first-order valence-electron chi connectivity index (χ1n) is 10.3. The molecule has 2 aromatic heterocycles. The van der Waals surface area contributed by atoms with E-state index in [0.29, 0.717) is 25.4 Å². The summed E-state index contributed by atoms with van der Waals surface area (Å²) in [4.78, 5) is 17.0. The van der Waals surface area contributed by atoms with Crippen LogP contribution in [-0.4, -0.2) is 41.5 Å². The van der Waals surface area contributed by atoms with Crippen molar-refractivity contribution in [3.63, 3.8) is 0 Å². The van der Waals surface area contributed by atoms with Crippen LogP contribution < -0.4 is 10.1 Å². The number of carbonyl (C=O) groups is 1. The van der Waals surface area contributed by atoms with Crippen LogP contribution in [0.3, 0.4) is 0 Å². The fraction of sp³-hybridized carbons (Fsp3) is 0.476. The number of nitrogens with one attached hydrogen (secondary N) is 1. The molecular formula is C21H28N4O3SSi. The highest BCUT2D eigenvalue weighted by Gasteiger charge is 2.36. The fourth-order valence-electron chi connectivity index (χ4n) is 3.31. The maximum Gasteiger partial charge on any atom is 0.228 e. The third-order valence-electron chi connectivity index (χ3n) is 5.26. The summed E-state index contributed by atoms with van der Waals surface area (Å²) in [5.41, 5.74) is 2.72. The van der Waals surface area contributed by atoms with Gasteiger partial charge in [-0.25, -0.2) is 9.67 Å². The molecule has 0 aliphatic heterocycles. The van der Waals surface area contributed by atoms with Crippen molar-refractivity contribution >= 4 is 41.4 Å². The molecule has 30 heavy (non-hydrogen) atoms. The molecule has 0 unspecified atom stereocenters. The second-order valence-electron chi connectivity index (χ2n) is 8.92. The van der Waals surface area contributed by atoms with Gasteiger partial charge in [-0.05, 0) is 31.0 Å². The van der Waals surface area contributed by atoms with Crippen LogP contribution >= 0.6 is 11.3 Å². The minimum Gasteiger partial charge on any atom is -0.488 e. The van der Waals surface area contributed by atoms with Gasteiger partial charge in [0.1, 0.15) is 29.9 Å². The maximum absolute atomic E-state index is 12.6. The summed E-state index contributed by atoms with van der Waals surface area (Å²) in [6.45, 7) is 8.03. The van der Waals surface area contributed by atoms with Gasteiger partial charge in [-0.1, -0.05) is 25.7 Å². The van der Waals surface area contributed by atoms with Crippen molar-refractivity contribution in [2.75, 3.05) is 11.9 Å². The molecule has 4 rings (SSSR count). The van der Waals surface area contributed by atoms with E-state index in [0.717, 1.165) is 28.6 Å². The summed E-state index contributed by atoms with van der Waals surface area (Å²) >= 11 is 1.60. The van der Waals surface area contributed by atoms with E-state index < -0.39 is 8.07 Å². The number of thiazole rings is 1. The van der Waals surface area contributed by atoms with Crippen LogP contribution in [0.15, 0.2) is 36.0 Å². The molecule has 2 heterocycles. The first-order chi connectivity index (χ1) is 14.4. The zero-order chi connectivity index (χ0) is 21.1. The minimum absolute atomic E-state index is 0.00515. The van der Waals surface area contributed by atoms with E-state index in [4.69, 9.17) is 9.47 Å². The third-order valence-corrected chi connectivity index (χ3v) is 7.76. The maximum atomic E-state index is 12.6. The molecule has 0 bridgehead atoms. The number of carbonyl (C=O) groups excluding carboxylic acids is 1. The molecule has 1 aliphatic carbocycles. The topological polar surface area (TPSA) is 78.3 Å². The summed E-state index contributed by atoms with van der Waals surface area (Å²) in [5.74, 6) is 1.42. The van der Waals surface area contributed by atoms with Gasteiger partial charge in [0.2, 0.25) is 5.91 Å². The van der Waals surface area contributed by atoms with Crippen LogP contribution in [0.2, 0.25) is 25.7 Å².